The Morgan fingerprint density at radius 3 is 0.682 bits per heavy atom. The molecule has 44 heavy (non-hydrogen) atoms. The number of hydrogen-bond donors (Lipinski definition) is 0. The zero-order chi connectivity index (χ0) is 30.8. The van der Waals surface area contributed by atoms with Gasteiger partial charge < -0.3 is 4.74 Å². The fraction of sp³-hybridized carbons (Fsp3) is 1.00. The van der Waals surface area contributed by atoms with Gasteiger partial charge in [0.25, 0.3) is 0 Å². The Hall–Kier alpha value is 1.40. The van der Waals surface area contributed by atoms with Crippen LogP contribution in [0.4, 0.5) is 0 Å². The number of alkyl halides is 2. The van der Waals surface area contributed by atoms with Crippen molar-refractivity contribution in [3.8, 4) is 0 Å². The van der Waals surface area contributed by atoms with E-state index in [1.54, 1.807) is 154 Å². The van der Waals surface area contributed by atoms with Gasteiger partial charge in [-0.3, -0.25) is 0 Å². The molecule has 0 heterocycles. The summed E-state index contributed by atoms with van der Waals surface area (Å²) in [6.45, 7) is 2.40. The van der Waals surface area contributed by atoms with E-state index < -0.39 is 5.02 Å². The first-order chi connectivity index (χ1) is 21.7. The first-order valence-corrected chi connectivity index (χ1v) is 24.1. The summed E-state index contributed by atoms with van der Waals surface area (Å²) in [4.78, 5) is 0. The van der Waals surface area contributed by atoms with Crippen molar-refractivity contribution in [2.45, 2.75) is 239 Å². The second kappa shape index (κ2) is 22.9. The lowest BCUT2D eigenvalue weighted by Crippen LogP contribution is -2.28. The fourth-order valence-corrected chi connectivity index (χ4v) is 19.8. The van der Waals surface area contributed by atoms with E-state index in [1.165, 1.54) is 72.5 Å². The zero-order valence-corrected chi connectivity index (χ0v) is 32.3. The van der Waals surface area contributed by atoms with Gasteiger partial charge in [-0.1, -0.05) is 155 Å². The van der Waals surface area contributed by atoms with Crippen molar-refractivity contribution in [2.75, 3.05) is 6.61 Å². The van der Waals surface area contributed by atoms with Crippen LogP contribution in [0.15, 0.2) is 0 Å². The molecule has 6 saturated carbocycles. The monoisotopic (exact) mass is 688 g/mol. The molecule has 5 heteroatoms. The fourth-order valence-electron chi connectivity index (χ4n) is 10.2. The maximum atomic E-state index is 5.12. The molecule has 0 radical (unpaired) electrons. The molecule has 0 bridgehead atoms. The van der Waals surface area contributed by atoms with E-state index in [0.29, 0.717) is 22.5 Å². The second-order valence-electron chi connectivity index (χ2n) is 15.4. The standard InChI is InChI=1S/2C18H33P.C3H6Cl2O/c2*1-4-10-16(11-5-1)19(17-12-6-2-7-13-17)18-14-8-3-9-15-18;1-2-6-3(4)5/h2*16-18H,1-15H2;3H,2H2,1H3. The maximum Gasteiger partial charge on any atom is 0.206 e. The van der Waals surface area contributed by atoms with Crippen LogP contribution in [-0.2, 0) is 4.74 Å². The van der Waals surface area contributed by atoms with Gasteiger partial charge >= 0.3 is 0 Å². The Balaban J connectivity index is 0.000000170. The van der Waals surface area contributed by atoms with Gasteiger partial charge in [-0.2, -0.15) is 0 Å². The van der Waals surface area contributed by atoms with Crippen molar-refractivity contribution in [3.63, 3.8) is 0 Å². The maximum absolute atomic E-state index is 5.12. The Morgan fingerprint density at radius 1 is 0.386 bits per heavy atom. The molecular formula is C39H72Cl2OP2. The molecule has 0 amide bonds. The van der Waals surface area contributed by atoms with E-state index >= 15 is 0 Å². The minimum atomic E-state index is -0.657. The van der Waals surface area contributed by atoms with Gasteiger partial charge in [0.15, 0.2) is 0 Å². The van der Waals surface area contributed by atoms with Crippen LogP contribution in [0.5, 0.6) is 0 Å². The predicted molar refractivity (Wildman–Crippen MR) is 202 cm³/mol. The zero-order valence-electron chi connectivity index (χ0n) is 29.0. The van der Waals surface area contributed by atoms with Crippen molar-refractivity contribution in [2.24, 2.45) is 0 Å². The first kappa shape index (κ1) is 38.2. The molecule has 0 N–H and O–H groups in total. The van der Waals surface area contributed by atoms with Crippen molar-refractivity contribution in [1.29, 1.82) is 0 Å². The molecule has 0 aromatic carbocycles. The van der Waals surface area contributed by atoms with Gasteiger partial charge in [-0.15, -0.1) is 0 Å². The van der Waals surface area contributed by atoms with Crippen molar-refractivity contribution >= 4 is 39.0 Å². The normalized spacial score (nSPS) is 26.3. The molecule has 6 rings (SSSR count). The van der Waals surface area contributed by atoms with Crippen LogP contribution in [0, 0.1) is 0 Å². The molecule has 0 saturated heterocycles. The van der Waals surface area contributed by atoms with Crippen LogP contribution in [0.25, 0.3) is 0 Å². The molecule has 0 unspecified atom stereocenters. The summed E-state index contributed by atoms with van der Waals surface area (Å²) in [6.07, 6.45) is 47.2. The summed E-state index contributed by atoms with van der Waals surface area (Å²) in [5.41, 5.74) is 7.14. The number of halogens is 2. The summed E-state index contributed by atoms with van der Waals surface area (Å²) in [5, 5.41) is -0.657. The first-order valence-electron chi connectivity index (χ1n) is 20.1. The minimum absolute atomic E-state index is 0.385. The topological polar surface area (TPSA) is 9.23 Å². The van der Waals surface area contributed by atoms with Gasteiger partial charge in [0.2, 0.25) is 5.02 Å². The van der Waals surface area contributed by atoms with Gasteiger partial charge in [0.1, 0.15) is 0 Å². The lowest BCUT2D eigenvalue weighted by molar-refractivity contribution is 0.169. The van der Waals surface area contributed by atoms with Crippen LogP contribution >= 0.6 is 39.0 Å². The molecule has 1 nitrogen and oxygen atoms in total. The summed E-state index contributed by atoms with van der Waals surface area (Å²) in [6, 6.07) is 0. The van der Waals surface area contributed by atoms with Crippen LogP contribution in [0.1, 0.15) is 200 Å². The van der Waals surface area contributed by atoms with E-state index in [2.05, 4.69) is 4.74 Å². The molecule has 0 atom stereocenters. The third-order valence-electron chi connectivity index (χ3n) is 12.3. The highest BCUT2D eigenvalue weighted by Crippen LogP contribution is 2.63. The summed E-state index contributed by atoms with van der Waals surface area (Å²) >= 11 is 10.2. The average Bonchev–Trinajstić information content (AvgIpc) is 3.09. The van der Waals surface area contributed by atoms with Crippen LogP contribution in [0.2, 0.25) is 0 Å². The Kier molecular flexibility index (Phi) is 19.9. The number of ether oxygens (including phenoxy) is 1. The summed E-state index contributed by atoms with van der Waals surface area (Å²) in [5.74, 6) is 0. The summed E-state index contributed by atoms with van der Waals surface area (Å²) < 4.78 is 4.57. The molecule has 0 spiro atoms. The molecular weight excluding hydrogens is 617 g/mol. The summed E-state index contributed by atoms with van der Waals surface area (Å²) in [7, 11) is 0.770. The molecule has 258 valence electrons. The van der Waals surface area contributed by atoms with Crippen LogP contribution < -0.4 is 0 Å². The Morgan fingerprint density at radius 2 is 0.568 bits per heavy atom. The van der Waals surface area contributed by atoms with Crippen molar-refractivity contribution in [1.82, 2.24) is 0 Å². The molecule has 0 aliphatic heterocycles. The van der Waals surface area contributed by atoms with E-state index in [4.69, 9.17) is 23.2 Å². The van der Waals surface area contributed by atoms with Crippen LogP contribution in [0.3, 0.4) is 0 Å². The quantitative estimate of drug-likeness (QED) is 0.182. The van der Waals surface area contributed by atoms with E-state index in [0.717, 1.165) is 0 Å². The van der Waals surface area contributed by atoms with Gasteiger partial charge in [0, 0.05) is 6.61 Å². The van der Waals surface area contributed by atoms with Gasteiger partial charge in [-0.05, 0) is 118 Å². The smallest absolute Gasteiger partial charge is 0.206 e. The van der Waals surface area contributed by atoms with E-state index in [9.17, 15) is 0 Å². The predicted octanol–water partition coefficient (Wildman–Crippen LogP) is 14.7. The SMILES string of the molecule is C1CCC(P(C2CCCCC2)C2CCCCC2)CC1.C1CCC(P(C2CCCCC2)C2CCCCC2)CC1.CCOC(Cl)Cl. The van der Waals surface area contributed by atoms with E-state index in [-0.39, 0.29) is 0 Å². The highest BCUT2D eigenvalue weighted by molar-refractivity contribution is 7.60. The van der Waals surface area contributed by atoms with Crippen molar-refractivity contribution in [3.05, 3.63) is 0 Å². The highest BCUT2D eigenvalue weighted by atomic mass is 35.5. The van der Waals surface area contributed by atoms with Gasteiger partial charge in [-0.25, -0.2) is 0 Å². The molecule has 6 aliphatic rings. The Labute approximate surface area is 287 Å². The van der Waals surface area contributed by atoms with Crippen LogP contribution in [-0.4, -0.2) is 45.6 Å². The third kappa shape index (κ3) is 13.4. The molecule has 0 aromatic heterocycles. The average molecular weight is 690 g/mol. The lowest BCUT2D eigenvalue weighted by atomic mass is 9.99. The molecule has 0 aromatic rings. The highest BCUT2D eigenvalue weighted by Gasteiger charge is 2.37. The minimum Gasteiger partial charge on any atom is -0.349 e. The van der Waals surface area contributed by atoms with E-state index in [1.807, 2.05) is 6.92 Å². The van der Waals surface area contributed by atoms with Crippen molar-refractivity contribution < 1.29 is 4.74 Å². The largest absolute Gasteiger partial charge is 0.349 e. The third-order valence-corrected chi connectivity index (χ3v) is 20.7. The number of hydrogen-bond acceptors (Lipinski definition) is 1. The molecule has 6 fully saturated rings. The molecule has 6 aliphatic carbocycles. The lowest BCUT2D eigenvalue weighted by Gasteiger charge is -2.44. The second-order valence-corrected chi connectivity index (χ2v) is 22.5. The Bertz CT molecular complexity index is 547. The van der Waals surface area contributed by atoms with Gasteiger partial charge in [0.05, 0.1) is 0 Å². The number of rotatable bonds is 8.